The molecule has 1 rings (SSSR count). The minimum atomic E-state index is -0.214. The molecule has 0 atom stereocenters. The number of carbonyl (C=O) groups excluding carboxylic acids is 1. The minimum Gasteiger partial charge on any atom is -0.409 e. The van der Waals surface area contributed by atoms with Gasteiger partial charge < -0.3 is 16.3 Å². The van der Waals surface area contributed by atoms with E-state index in [4.69, 9.17) is 10.9 Å². The Balaban J connectivity index is 2.26. The SMILES string of the molecule is N/C(CCCNC(=O)c1ccnnc1)=N/O. The first kappa shape index (κ1) is 11.9. The van der Waals surface area contributed by atoms with E-state index in [1.807, 2.05) is 0 Å². The molecule has 1 aromatic rings. The van der Waals surface area contributed by atoms with Crippen molar-refractivity contribution in [3.05, 3.63) is 24.0 Å². The third-order valence-electron chi connectivity index (χ3n) is 1.87. The molecule has 0 aliphatic carbocycles. The molecule has 0 aromatic carbocycles. The summed E-state index contributed by atoms with van der Waals surface area (Å²) in [6.45, 7) is 0.456. The first-order valence-electron chi connectivity index (χ1n) is 4.75. The average molecular weight is 223 g/mol. The molecule has 1 aromatic heterocycles. The highest BCUT2D eigenvalue weighted by Crippen LogP contribution is 1.94. The number of amidine groups is 1. The van der Waals surface area contributed by atoms with Crippen LogP contribution in [0, 0.1) is 0 Å². The lowest BCUT2D eigenvalue weighted by Gasteiger charge is -2.03. The lowest BCUT2D eigenvalue weighted by atomic mass is 10.2. The molecule has 7 nitrogen and oxygen atoms in total. The molecule has 0 spiro atoms. The quantitative estimate of drug-likeness (QED) is 0.209. The average Bonchev–Trinajstić information content (AvgIpc) is 2.35. The normalized spacial score (nSPS) is 11.1. The topological polar surface area (TPSA) is 113 Å². The fraction of sp³-hybridized carbons (Fsp3) is 0.333. The fourth-order valence-electron chi connectivity index (χ4n) is 1.05. The molecule has 0 unspecified atom stereocenters. The molecule has 0 fully saturated rings. The third-order valence-corrected chi connectivity index (χ3v) is 1.87. The predicted octanol–water partition coefficient (Wildman–Crippen LogP) is -0.267. The van der Waals surface area contributed by atoms with Gasteiger partial charge in [0.2, 0.25) is 0 Å². The lowest BCUT2D eigenvalue weighted by molar-refractivity contribution is 0.0953. The number of nitrogens with two attached hydrogens (primary N) is 1. The Hall–Kier alpha value is -2.18. The number of amides is 1. The highest BCUT2D eigenvalue weighted by molar-refractivity contribution is 5.93. The van der Waals surface area contributed by atoms with Gasteiger partial charge in [-0.15, -0.1) is 0 Å². The van der Waals surface area contributed by atoms with Gasteiger partial charge in [-0.1, -0.05) is 5.16 Å². The number of carbonyl (C=O) groups is 1. The standard InChI is InChI=1S/C9H13N5O2/c10-8(14-16)2-1-4-11-9(15)7-3-5-12-13-6-7/h3,5-6,16H,1-2,4H2,(H2,10,14)(H,11,15). The van der Waals surface area contributed by atoms with Gasteiger partial charge >= 0.3 is 0 Å². The molecule has 4 N–H and O–H groups in total. The Bertz CT molecular complexity index is 365. The second-order valence-corrected chi connectivity index (χ2v) is 3.08. The Labute approximate surface area is 92.4 Å². The molecular formula is C9H13N5O2. The number of hydrogen-bond acceptors (Lipinski definition) is 5. The minimum absolute atomic E-state index is 0.153. The summed E-state index contributed by atoms with van der Waals surface area (Å²) in [5.74, 6) is -0.0609. The molecule has 86 valence electrons. The highest BCUT2D eigenvalue weighted by Gasteiger charge is 2.04. The summed E-state index contributed by atoms with van der Waals surface area (Å²) < 4.78 is 0. The molecule has 7 heteroatoms. The zero-order valence-corrected chi connectivity index (χ0v) is 8.63. The van der Waals surface area contributed by atoms with Gasteiger partial charge in [0.25, 0.3) is 5.91 Å². The molecule has 16 heavy (non-hydrogen) atoms. The van der Waals surface area contributed by atoms with Crippen molar-refractivity contribution in [3.63, 3.8) is 0 Å². The maximum Gasteiger partial charge on any atom is 0.252 e. The summed E-state index contributed by atoms with van der Waals surface area (Å²) in [4.78, 5) is 11.5. The molecule has 0 saturated heterocycles. The Morgan fingerprint density at radius 2 is 2.38 bits per heavy atom. The van der Waals surface area contributed by atoms with Crippen LogP contribution in [0.2, 0.25) is 0 Å². The molecule has 0 aliphatic rings. The second kappa shape index (κ2) is 6.33. The van der Waals surface area contributed by atoms with Crippen LogP contribution in [0.15, 0.2) is 23.6 Å². The van der Waals surface area contributed by atoms with Gasteiger partial charge in [0.15, 0.2) is 0 Å². The van der Waals surface area contributed by atoms with Crippen molar-refractivity contribution in [1.29, 1.82) is 0 Å². The highest BCUT2D eigenvalue weighted by atomic mass is 16.4. The van der Waals surface area contributed by atoms with Crippen molar-refractivity contribution < 1.29 is 10.0 Å². The van der Waals surface area contributed by atoms with Crippen molar-refractivity contribution in [2.24, 2.45) is 10.9 Å². The predicted molar refractivity (Wildman–Crippen MR) is 57.0 cm³/mol. The van der Waals surface area contributed by atoms with E-state index in [2.05, 4.69) is 20.7 Å². The molecule has 1 heterocycles. The summed E-state index contributed by atoms with van der Waals surface area (Å²) in [5, 5.41) is 20.9. The van der Waals surface area contributed by atoms with Crippen LogP contribution in [0.4, 0.5) is 0 Å². The van der Waals surface area contributed by atoms with Gasteiger partial charge in [0.1, 0.15) is 5.84 Å². The smallest absolute Gasteiger partial charge is 0.252 e. The number of aromatic nitrogens is 2. The van der Waals surface area contributed by atoms with Gasteiger partial charge in [-0.05, 0) is 12.5 Å². The monoisotopic (exact) mass is 223 g/mol. The van der Waals surface area contributed by atoms with Crippen LogP contribution in [0.3, 0.4) is 0 Å². The van der Waals surface area contributed by atoms with E-state index in [1.54, 1.807) is 6.07 Å². The Morgan fingerprint density at radius 3 is 3.00 bits per heavy atom. The van der Waals surface area contributed by atoms with Gasteiger partial charge in [-0.25, -0.2) is 0 Å². The van der Waals surface area contributed by atoms with E-state index in [9.17, 15) is 4.79 Å². The van der Waals surface area contributed by atoms with E-state index in [0.29, 0.717) is 24.9 Å². The van der Waals surface area contributed by atoms with Crippen molar-refractivity contribution in [2.45, 2.75) is 12.8 Å². The molecular weight excluding hydrogens is 210 g/mol. The number of rotatable bonds is 5. The van der Waals surface area contributed by atoms with E-state index in [0.717, 1.165) is 0 Å². The largest absolute Gasteiger partial charge is 0.409 e. The van der Waals surface area contributed by atoms with Gasteiger partial charge in [0.05, 0.1) is 18.0 Å². The summed E-state index contributed by atoms with van der Waals surface area (Å²) in [7, 11) is 0. The molecule has 0 bridgehead atoms. The van der Waals surface area contributed by atoms with Gasteiger partial charge in [0, 0.05) is 13.0 Å². The molecule has 0 radical (unpaired) electrons. The fourth-order valence-corrected chi connectivity index (χ4v) is 1.05. The van der Waals surface area contributed by atoms with E-state index in [-0.39, 0.29) is 11.7 Å². The van der Waals surface area contributed by atoms with Crippen LogP contribution in [0.25, 0.3) is 0 Å². The van der Waals surface area contributed by atoms with Crippen LogP contribution < -0.4 is 11.1 Å². The van der Waals surface area contributed by atoms with Crippen molar-refractivity contribution in [1.82, 2.24) is 15.5 Å². The lowest BCUT2D eigenvalue weighted by Crippen LogP contribution is -2.25. The summed E-state index contributed by atoms with van der Waals surface area (Å²) in [5.41, 5.74) is 5.73. The summed E-state index contributed by atoms with van der Waals surface area (Å²) in [6, 6.07) is 1.58. The van der Waals surface area contributed by atoms with Crippen molar-refractivity contribution in [3.8, 4) is 0 Å². The number of nitrogens with one attached hydrogen (secondary N) is 1. The maximum atomic E-state index is 11.5. The zero-order chi connectivity index (χ0) is 11.8. The number of hydrogen-bond donors (Lipinski definition) is 3. The maximum absolute atomic E-state index is 11.5. The summed E-state index contributed by atoms with van der Waals surface area (Å²) >= 11 is 0. The van der Waals surface area contributed by atoms with E-state index < -0.39 is 0 Å². The van der Waals surface area contributed by atoms with E-state index in [1.165, 1.54) is 12.4 Å². The van der Waals surface area contributed by atoms with Gasteiger partial charge in [-0.2, -0.15) is 10.2 Å². The first-order valence-corrected chi connectivity index (χ1v) is 4.75. The van der Waals surface area contributed by atoms with Crippen LogP contribution >= 0.6 is 0 Å². The Kier molecular flexibility index (Phi) is 4.71. The molecule has 0 aliphatic heterocycles. The number of nitrogens with zero attached hydrogens (tertiary/aromatic N) is 3. The first-order chi connectivity index (χ1) is 7.74. The van der Waals surface area contributed by atoms with Crippen molar-refractivity contribution in [2.75, 3.05) is 6.54 Å². The zero-order valence-electron chi connectivity index (χ0n) is 8.63. The van der Waals surface area contributed by atoms with E-state index >= 15 is 0 Å². The Morgan fingerprint density at radius 1 is 1.56 bits per heavy atom. The third kappa shape index (κ3) is 3.91. The van der Waals surface area contributed by atoms with Crippen LogP contribution in [-0.2, 0) is 0 Å². The second-order valence-electron chi connectivity index (χ2n) is 3.08. The molecule has 0 saturated carbocycles. The van der Waals surface area contributed by atoms with Crippen LogP contribution in [-0.4, -0.2) is 33.7 Å². The van der Waals surface area contributed by atoms with Gasteiger partial charge in [-0.3, -0.25) is 4.79 Å². The molecule has 1 amide bonds. The van der Waals surface area contributed by atoms with Crippen LogP contribution in [0.1, 0.15) is 23.2 Å². The number of oxime groups is 1. The van der Waals surface area contributed by atoms with Crippen molar-refractivity contribution >= 4 is 11.7 Å². The van der Waals surface area contributed by atoms with Crippen LogP contribution in [0.5, 0.6) is 0 Å². The summed E-state index contributed by atoms with van der Waals surface area (Å²) in [6.07, 6.45) is 3.88.